The third-order valence-electron chi connectivity index (χ3n) is 11.0. The van der Waals surface area contributed by atoms with Crippen molar-refractivity contribution in [3.8, 4) is 0 Å². The van der Waals surface area contributed by atoms with E-state index in [0.29, 0.717) is 23.9 Å². The number of phosphoric acid groups is 1. The van der Waals surface area contributed by atoms with Crippen LogP contribution in [0, 0.1) is 20.8 Å². The number of ether oxygens (including phenoxy) is 2. The number of carbonyl (C=O) groups excluding carboxylic acids is 2. The first-order chi connectivity index (χ1) is 28.1. The number of rotatable bonds is 36. The lowest BCUT2D eigenvalue weighted by Crippen LogP contribution is -2.37. The van der Waals surface area contributed by atoms with E-state index in [4.69, 9.17) is 27.4 Å². The Morgan fingerprint density at radius 2 is 1.14 bits per heavy atom. The molecule has 2 aromatic heterocycles. The Labute approximate surface area is 357 Å². The number of nitrogens with zero attached hydrogens (tertiary/aromatic N) is 1. The van der Waals surface area contributed by atoms with Crippen LogP contribution in [-0.4, -0.2) is 74.9 Å². The lowest BCUT2D eigenvalue weighted by molar-refractivity contribution is -0.870. The lowest BCUT2D eigenvalue weighted by Gasteiger charge is -2.24. The normalized spacial score (nSPS) is 13.4. The molecule has 0 bridgehead atoms. The number of quaternary nitrogens is 1. The summed E-state index contributed by atoms with van der Waals surface area (Å²) in [5, 5.41) is 0. The molecule has 2 unspecified atom stereocenters. The minimum absolute atomic E-state index is 0.0165. The highest BCUT2D eigenvalue weighted by molar-refractivity contribution is 7.47. The number of carbonyl (C=O) groups is 2. The van der Waals surface area contributed by atoms with Crippen molar-refractivity contribution < 1.29 is 50.9 Å². The van der Waals surface area contributed by atoms with Gasteiger partial charge in [-0.3, -0.25) is 18.6 Å². The van der Waals surface area contributed by atoms with Gasteiger partial charge in [0, 0.05) is 38.5 Å². The van der Waals surface area contributed by atoms with Crippen LogP contribution in [0.2, 0.25) is 0 Å². The predicted molar refractivity (Wildman–Crippen MR) is 236 cm³/mol. The average Bonchev–Trinajstić information content (AvgIpc) is 3.66. The molecule has 2 rings (SSSR count). The molecule has 0 spiro atoms. The van der Waals surface area contributed by atoms with E-state index in [0.717, 1.165) is 113 Å². The van der Waals surface area contributed by atoms with Crippen LogP contribution in [0.4, 0.5) is 0 Å². The third-order valence-corrected chi connectivity index (χ3v) is 12.0. The van der Waals surface area contributed by atoms with Gasteiger partial charge in [-0.1, -0.05) is 90.9 Å². The van der Waals surface area contributed by atoms with Crippen molar-refractivity contribution in [2.45, 2.75) is 195 Å². The first kappa shape index (κ1) is 52.7. The van der Waals surface area contributed by atoms with Crippen LogP contribution in [0.1, 0.15) is 182 Å². The van der Waals surface area contributed by atoms with Crippen molar-refractivity contribution in [2.75, 3.05) is 47.5 Å². The standard InChI is InChI=1S/C47H82NO10P/c1-9-11-21-27-41-35-38(3)43(56-41)28-23-17-13-15-19-25-31-46(49)53-36-42(37-55-59(51,52)54-34-33-48(6,7)8)57-47(50)32-26-20-16-14-18-24-30-45-40(5)39(4)44(58-45)29-22-12-10-2/h35,42H,9-34,36-37H2,1-8H3/p+1. The molecule has 0 aromatic carbocycles. The molecular weight excluding hydrogens is 769 g/mol. The highest BCUT2D eigenvalue weighted by Gasteiger charge is 2.27. The molecule has 2 aromatic rings. The van der Waals surface area contributed by atoms with Crippen molar-refractivity contribution in [2.24, 2.45) is 0 Å². The van der Waals surface area contributed by atoms with Crippen molar-refractivity contribution in [1.29, 1.82) is 0 Å². The van der Waals surface area contributed by atoms with Gasteiger partial charge in [0.15, 0.2) is 6.10 Å². The van der Waals surface area contributed by atoms with Gasteiger partial charge in [-0.2, -0.15) is 0 Å². The van der Waals surface area contributed by atoms with E-state index in [1.165, 1.54) is 55.2 Å². The summed E-state index contributed by atoms with van der Waals surface area (Å²) in [7, 11) is 1.43. The molecule has 340 valence electrons. The van der Waals surface area contributed by atoms with Gasteiger partial charge < -0.3 is 27.7 Å². The van der Waals surface area contributed by atoms with Crippen molar-refractivity contribution in [1.82, 2.24) is 0 Å². The molecule has 0 radical (unpaired) electrons. The van der Waals surface area contributed by atoms with Crippen LogP contribution < -0.4 is 0 Å². The second-order valence-corrected chi connectivity index (χ2v) is 19.0. The summed E-state index contributed by atoms with van der Waals surface area (Å²) < 4.78 is 46.8. The fourth-order valence-corrected chi connectivity index (χ4v) is 7.77. The Kier molecular flexibility index (Phi) is 26.6. The molecule has 0 amide bonds. The largest absolute Gasteiger partial charge is 0.472 e. The van der Waals surface area contributed by atoms with Gasteiger partial charge in [0.05, 0.1) is 27.7 Å². The predicted octanol–water partition coefficient (Wildman–Crippen LogP) is 11.8. The van der Waals surface area contributed by atoms with Gasteiger partial charge in [0.1, 0.15) is 42.8 Å². The number of furan rings is 2. The van der Waals surface area contributed by atoms with Crippen LogP contribution >= 0.6 is 7.82 Å². The van der Waals surface area contributed by atoms with E-state index < -0.39 is 32.5 Å². The first-order valence-electron chi connectivity index (χ1n) is 23.1. The smallest absolute Gasteiger partial charge is 0.466 e. The number of phosphoric ester groups is 1. The van der Waals surface area contributed by atoms with E-state index in [9.17, 15) is 19.0 Å². The molecule has 0 aliphatic rings. The van der Waals surface area contributed by atoms with Gasteiger partial charge in [-0.25, -0.2) is 4.57 Å². The minimum atomic E-state index is -4.40. The number of hydrogen-bond donors (Lipinski definition) is 1. The molecule has 0 saturated heterocycles. The lowest BCUT2D eigenvalue weighted by atomic mass is 10.0. The van der Waals surface area contributed by atoms with E-state index in [1.54, 1.807) is 0 Å². The fourth-order valence-electron chi connectivity index (χ4n) is 7.03. The molecule has 59 heavy (non-hydrogen) atoms. The molecule has 11 nitrogen and oxygen atoms in total. The molecule has 0 aliphatic heterocycles. The van der Waals surface area contributed by atoms with Gasteiger partial charge in [0.25, 0.3) is 0 Å². The Morgan fingerprint density at radius 3 is 1.69 bits per heavy atom. The van der Waals surface area contributed by atoms with Crippen LogP contribution in [0.3, 0.4) is 0 Å². The quantitative estimate of drug-likeness (QED) is 0.0305. The van der Waals surface area contributed by atoms with Gasteiger partial charge in [0.2, 0.25) is 0 Å². The molecule has 2 heterocycles. The van der Waals surface area contributed by atoms with Gasteiger partial charge in [-0.15, -0.1) is 0 Å². The summed E-state index contributed by atoms with van der Waals surface area (Å²) in [6.07, 6.45) is 22.4. The topological polar surface area (TPSA) is 135 Å². The van der Waals surface area contributed by atoms with Crippen LogP contribution in [0.25, 0.3) is 0 Å². The number of esters is 2. The zero-order valence-electron chi connectivity index (χ0n) is 38.5. The Balaban J connectivity index is 1.69. The maximum atomic E-state index is 12.8. The van der Waals surface area contributed by atoms with Crippen LogP contribution in [0.15, 0.2) is 14.9 Å². The van der Waals surface area contributed by atoms with Crippen molar-refractivity contribution in [3.05, 3.63) is 45.8 Å². The molecule has 0 fully saturated rings. The highest BCUT2D eigenvalue weighted by Crippen LogP contribution is 2.43. The molecular formula is C47H83NO10P+. The first-order valence-corrected chi connectivity index (χ1v) is 24.6. The second-order valence-electron chi connectivity index (χ2n) is 17.6. The molecule has 1 N–H and O–H groups in total. The summed E-state index contributed by atoms with van der Waals surface area (Å²) in [5.74, 6) is 3.64. The Bertz CT molecular complexity index is 1490. The minimum Gasteiger partial charge on any atom is -0.466 e. The number of likely N-dealkylation sites (N-methyl/N-ethyl adjacent to an activating group) is 1. The number of aryl methyl sites for hydroxylation is 5. The Hall–Kier alpha value is -2.43. The third kappa shape index (κ3) is 24.6. The summed E-state index contributed by atoms with van der Waals surface area (Å²) in [6.45, 7) is 10.7. The van der Waals surface area contributed by atoms with E-state index in [-0.39, 0.29) is 26.1 Å². The fraction of sp³-hybridized carbons (Fsp3) is 0.787. The van der Waals surface area contributed by atoms with Crippen molar-refractivity contribution >= 4 is 19.8 Å². The van der Waals surface area contributed by atoms with E-state index in [1.807, 2.05) is 21.1 Å². The maximum absolute atomic E-state index is 12.8. The monoisotopic (exact) mass is 853 g/mol. The van der Waals surface area contributed by atoms with E-state index >= 15 is 0 Å². The molecule has 0 saturated carbocycles. The zero-order chi connectivity index (χ0) is 43.5. The van der Waals surface area contributed by atoms with Crippen LogP contribution in [-0.2, 0) is 58.4 Å². The van der Waals surface area contributed by atoms with Gasteiger partial charge in [-0.05, 0) is 82.1 Å². The zero-order valence-corrected chi connectivity index (χ0v) is 39.4. The van der Waals surface area contributed by atoms with Crippen LogP contribution in [0.5, 0.6) is 0 Å². The van der Waals surface area contributed by atoms with E-state index in [2.05, 4.69) is 40.7 Å². The maximum Gasteiger partial charge on any atom is 0.472 e. The summed E-state index contributed by atoms with van der Waals surface area (Å²) >= 11 is 0. The number of unbranched alkanes of at least 4 members (excludes halogenated alkanes) is 14. The SMILES string of the molecule is CCCCCc1cc(C)c(CCCCCCCCC(=O)OCC(COP(=O)(O)OCC[N+](C)(C)C)OC(=O)CCCCCCCCc2oc(CCCCC)c(C)c2C)o1. The average molecular weight is 853 g/mol. The summed E-state index contributed by atoms with van der Waals surface area (Å²) in [5.41, 5.74) is 3.85. The second kappa shape index (κ2) is 29.8. The highest BCUT2D eigenvalue weighted by atomic mass is 31.2. The summed E-state index contributed by atoms with van der Waals surface area (Å²) in [4.78, 5) is 35.7. The molecule has 0 aliphatic carbocycles. The Morgan fingerprint density at radius 1 is 0.644 bits per heavy atom. The molecule has 2 atom stereocenters. The van der Waals surface area contributed by atoms with Gasteiger partial charge >= 0.3 is 19.8 Å². The number of hydrogen-bond acceptors (Lipinski definition) is 9. The molecule has 12 heteroatoms. The van der Waals surface area contributed by atoms with Crippen molar-refractivity contribution in [3.63, 3.8) is 0 Å². The summed E-state index contributed by atoms with van der Waals surface area (Å²) in [6, 6.07) is 2.19.